The van der Waals surface area contributed by atoms with Crippen LogP contribution < -0.4 is 0 Å². The van der Waals surface area contributed by atoms with E-state index in [1.165, 1.54) is 18.2 Å². The normalized spacial score (nSPS) is 14.3. The van der Waals surface area contributed by atoms with Crippen molar-refractivity contribution in [1.29, 1.82) is 0 Å². The van der Waals surface area contributed by atoms with Crippen LogP contribution >= 0.6 is 0 Å². The molecule has 0 aliphatic rings. The lowest BCUT2D eigenvalue weighted by atomic mass is 10.0. The molecule has 6 nitrogen and oxygen atoms in total. The van der Waals surface area contributed by atoms with E-state index in [1.54, 1.807) is 12.1 Å². The Hall–Kier alpha value is -2.03. The number of alkyl halides is 3. The van der Waals surface area contributed by atoms with Gasteiger partial charge in [0.05, 0.1) is 19.2 Å². The Morgan fingerprint density at radius 1 is 1.41 bits per heavy atom. The van der Waals surface area contributed by atoms with E-state index in [9.17, 15) is 22.8 Å². The van der Waals surface area contributed by atoms with E-state index < -0.39 is 36.7 Å². The maximum Gasteiger partial charge on any atom is 0.417 e. The standard InChI is InChI=1S/C13H16F3NO5/c1-12(20,13(14,15)16)6-11(19)22-8-10(18)17(2)7-9-4-3-5-21-9/h3-5,20H,6-8H2,1-2H3. The zero-order chi connectivity index (χ0) is 17.0. The van der Waals surface area contributed by atoms with Crippen molar-refractivity contribution in [2.75, 3.05) is 13.7 Å². The summed E-state index contributed by atoms with van der Waals surface area (Å²) in [6.45, 7) is -0.132. The van der Waals surface area contributed by atoms with Crippen LogP contribution in [0, 0.1) is 0 Å². The van der Waals surface area contributed by atoms with Gasteiger partial charge in [0.25, 0.3) is 5.91 Å². The Balaban J connectivity index is 2.42. The van der Waals surface area contributed by atoms with Crippen molar-refractivity contribution in [3.8, 4) is 0 Å². The lowest BCUT2D eigenvalue weighted by Gasteiger charge is -2.25. The number of amides is 1. The van der Waals surface area contributed by atoms with Crippen molar-refractivity contribution in [2.45, 2.75) is 31.7 Å². The van der Waals surface area contributed by atoms with Crippen molar-refractivity contribution in [2.24, 2.45) is 0 Å². The molecule has 22 heavy (non-hydrogen) atoms. The number of rotatable bonds is 6. The van der Waals surface area contributed by atoms with Crippen LogP contribution in [0.3, 0.4) is 0 Å². The van der Waals surface area contributed by atoms with Crippen LogP contribution in [-0.4, -0.2) is 47.3 Å². The Labute approximate surface area is 124 Å². The van der Waals surface area contributed by atoms with Crippen LogP contribution in [0.4, 0.5) is 13.2 Å². The molecule has 1 rings (SSSR count). The molecule has 1 N–H and O–H groups in total. The van der Waals surface area contributed by atoms with Gasteiger partial charge in [-0.1, -0.05) is 0 Å². The third-order valence-electron chi connectivity index (χ3n) is 2.85. The third kappa shape index (κ3) is 5.06. The second kappa shape index (κ2) is 6.82. The smallest absolute Gasteiger partial charge is 0.417 e. The number of hydrogen-bond donors (Lipinski definition) is 1. The van der Waals surface area contributed by atoms with E-state index in [2.05, 4.69) is 4.74 Å². The van der Waals surface area contributed by atoms with E-state index in [-0.39, 0.29) is 6.54 Å². The molecule has 124 valence electrons. The summed E-state index contributed by atoms with van der Waals surface area (Å²) in [5, 5.41) is 9.13. The highest BCUT2D eigenvalue weighted by Crippen LogP contribution is 2.32. The second-order valence-electron chi connectivity index (χ2n) is 4.94. The monoisotopic (exact) mass is 323 g/mol. The Morgan fingerprint density at radius 3 is 2.55 bits per heavy atom. The van der Waals surface area contributed by atoms with Gasteiger partial charge in [-0.3, -0.25) is 9.59 Å². The van der Waals surface area contributed by atoms with Gasteiger partial charge >= 0.3 is 12.1 Å². The van der Waals surface area contributed by atoms with E-state index in [4.69, 9.17) is 9.52 Å². The molecule has 0 spiro atoms. The number of carbonyl (C=O) groups excluding carboxylic acids is 2. The number of aliphatic hydroxyl groups is 1. The highest BCUT2D eigenvalue weighted by Gasteiger charge is 2.51. The average molecular weight is 323 g/mol. The fourth-order valence-electron chi connectivity index (χ4n) is 1.41. The molecule has 0 aromatic carbocycles. The molecule has 0 saturated carbocycles. The maximum atomic E-state index is 12.4. The number of furan rings is 1. The van der Waals surface area contributed by atoms with Gasteiger partial charge in [-0.05, 0) is 19.1 Å². The van der Waals surface area contributed by atoms with Crippen LogP contribution in [0.5, 0.6) is 0 Å². The molecular weight excluding hydrogens is 307 g/mol. The average Bonchev–Trinajstić information content (AvgIpc) is 2.86. The number of nitrogens with zero attached hydrogens (tertiary/aromatic N) is 1. The Bertz CT molecular complexity index is 510. The minimum absolute atomic E-state index is 0.129. The van der Waals surface area contributed by atoms with Crippen molar-refractivity contribution < 1.29 is 37.0 Å². The molecule has 0 aliphatic heterocycles. The maximum absolute atomic E-state index is 12.4. The van der Waals surface area contributed by atoms with Crippen molar-refractivity contribution >= 4 is 11.9 Å². The predicted octanol–water partition coefficient (Wildman–Crippen LogP) is 1.48. The highest BCUT2D eigenvalue weighted by molar-refractivity contribution is 5.80. The number of esters is 1. The zero-order valence-electron chi connectivity index (χ0n) is 12.0. The van der Waals surface area contributed by atoms with Crippen LogP contribution in [0.25, 0.3) is 0 Å². The number of hydrogen-bond acceptors (Lipinski definition) is 5. The molecule has 0 aliphatic carbocycles. The van der Waals surface area contributed by atoms with E-state index >= 15 is 0 Å². The van der Waals surface area contributed by atoms with E-state index in [0.717, 1.165) is 0 Å². The lowest BCUT2D eigenvalue weighted by molar-refractivity contribution is -0.255. The quantitative estimate of drug-likeness (QED) is 0.802. The van der Waals surface area contributed by atoms with Crippen LogP contribution in [0.15, 0.2) is 22.8 Å². The molecule has 1 heterocycles. The minimum atomic E-state index is -4.97. The SMILES string of the molecule is CN(Cc1ccco1)C(=O)COC(=O)CC(C)(O)C(F)(F)F. The summed E-state index contributed by atoms with van der Waals surface area (Å²) in [7, 11) is 1.42. The summed E-state index contributed by atoms with van der Waals surface area (Å²) in [5.41, 5.74) is -3.20. The molecule has 1 amide bonds. The van der Waals surface area contributed by atoms with Gasteiger partial charge in [-0.25, -0.2) is 0 Å². The molecule has 1 atom stereocenters. The largest absolute Gasteiger partial charge is 0.467 e. The van der Waals surface area contributed by atoms with Gasteiger partial charge in [0, 0.05) is 7.05 Å². The molecule has 9 heteroatoms. The van der Waals surface area contributed by atoms with Gasteiger partial charge in [0.2, 0.25) is 0 Å². The van der Waals surface area contributed by atoms with Crippen LogP contribution in [0.2, 0.25) is 0 Å². The fraction of sp³-hybridized carbons (Fsp3) is 0.538. The van der Waals surface area contributed by atoms with E-state index in [1.807, 2.05) is 0 Å². The van der Waals surface area contributed by atoms with Crippen molar-refractivity contribution in [1.82, 2.24) is 4.90 Å². The van der Waals surface area contributed by atoms with Crippen molar-refractivity contribution in [3.63, 3.8) is 0 Å². The molecule has 0 saturated heterocycles. The molecule has 1 aromatic rings. The van der Waals surface area contributed by atoms with Crippen LogP contribution in [0.1, 0.15) is 19.1 Å². The Kier molecular flexibility index (Phi) is 5.59. The van der Waals surface area contributed by atoms with Gasteiger partial charge in [0.1, 0.15) is 5.76 Å². The summed E-state index contributed by atoms with van der Waals surface area (Å²) in [6, 6.07) is 3.27. The molecule has 1 unspecified atom stereocenters. The molecule has 0 fully saturated rings. The van der Waals surface area contributed by atoms with E-state index in [0.29, 0.717) is 12.7 Å². The van der Waals surface area contributed by atoms with Gasteiger partial charge < -0.3 is 19.2 Å². The first-order valence-corrected chi connectivity index (χ1v) is 6.24. The third-order valence-corrected chi connectivity index (χ3v) is 2.85. The topological polar surface area (TPSA) is 80.0 Å². The van der Waals surface area contributed by atoms with Gasteiger partial charge in [0.15, 0.2) is 12.2 Å². The summed E-state index contributed by atoms with van der Waals surface area (Å²) in [6.07, 6.45) is -4.83. The second-order valence-corrected chi connectivity index (χ2v) is 4.94. The number of carbonyl (C=O) groups is 2. The summed E-state index contributed by atoms with van der Waals surface area (Å²) >= 11 is 0. The number of ether oxygens (including phenoxy) is 1. The minimum Gasteiger partial charge on any atom is -0.467 e. The molecule has 0 radical (unpaired) electrons. The molecule has 0 bridgehead atoms. The predicted molar refractivity (Wildman–Crippen MR) is 67.4 cm³/mol. The Morgan fingerprint density at radius 2 is 2.05 bits per heavy atom. The van der Waals surface area contributed by atoms with Crippen molar-refractivity contribution in [3.05, 3.63) is 24.2 Å². The fourth-order valence-corrected chi connectivity index (χ4v) is 1.41. The highest BCUT2D eigenvalue weighted by atomic mass is 19.4. The van der Waals surface area contributed by atoms with Gasteiger partial charge in [-0.15, -0.1) is 0 Å². The lowest BCUT2D eigenvalue weighted by Crippen LogP contribution is -2.44. The first-order valence-electron chi connectivity index (χ1n) is 6.24. The number of likely N-dealkylation sites (N-methyl/N-ethyl adjacent to an activating group) is 1. The first-order chi connectivity index (χ1) is 10.0. The van der Waals surface area contributed by atoms with Crippen LogP contribution in [-0.2, 0) is 20.9 Å². The zero-order valence-corrected chi connectivity index (χ0v) is 12.0. The number of halogens is 3. The van der Waals surface area contributed by atoms with Gasteiger partial charge in [-0.2, -0.15) is 13.2 Å². The summed E-state index contributed by atoms with van der Waals surface area (Å²) < 4.78 is 46.6. The molecular formula is C13H16F3NO5. The summed E-state index contributed by atoms with van der Waals surface area (Å²) in [4.78, 5) is 24.1. The summed E-state index contributed by atoms with van der Waals surface area (Å²) in [5.74, 6) is -1.43. The molecule has 1 aromatic heterocycles. The first kappa shape index (κ1) is 18.0.